The Balaban J connectivity index is 1.49. The Morgan fingerprint density at radius 1 is 0.490 bits per heavy atom. The second kappa shape index (κ2) is 60.2. The number of aliphatic carboxylic acids is 1. The topological polar surface area (TPSA) is 373 Å². The van der Waals surface area contributed by atoms with Crippen molar-refractivity contribution in [2.45, 2.75) is 458 Å². The fourth-order valence-electron chi connectivity index (χ4n) is 14.8. The zero-order valence-corrected chi connectivity index (χ0v) is 64.9. The van der Waals surface area contributed by atoms with Crippen molar-refractivity contribution < 1.29 is 104 Å². The van der Waals surface area contributed by atoms with Gasteiger partial charge in [-0.1, -0.05) is 302 Å². The molecule has 0 radical (unpaired) electrons. The number of aliphatic hydroxyl groups is 11. The van der Waals surface area contributed by atoms with Gasteiger partial charge in [0, 0.05) is 19.8 Å². The molecule has 0 saturated carbocycles. The van der Waals surface area contributed by atoms with Gasteiger partial charge >= 0.3 is 5.97 Å². The molecule has 0 aromatic heterocycles. The molecule has 23 nitrogen and oxygen atoms in total. The first-order chi connectivity index (χ1) is 50.4. The third-order valence-corrected chi connectivity index (χ3v) is 21.5. The average molecular weight is 1490 g/mol. The standard InChI is InChI=1S/C81H152N2O21/c1-4-6-8-10-12-14-16-18-20-22-24-26-28-29-30-31-32-33-35-37-39-41-43-45-47-49-51-53-55-68(91)83-62(63(88)54-52-50-48-46-44-42-40-38-36-34-27-25-23-21-19-17-15-13-11-9-7-5-2)60-99-78-73(95)72(94)75(67(59-86)101-78)102-79-74(96)77(71(93)66(58-85)100-79)104-81(80(97)98)56-64(89)69(82-61(3)87)76(103-81)70(92)65(90)57-84/h29-30,62-67,69-79,84-86,88-90,92-96H,4-28,31-60H2,1-3H3,(H,82,87)(H,83,91)(H,97,98)/b30-29-. The summed E-state index contributed by atoms with van der Waals surface area (Å²) in [6, 6.07) is -2.53. The molecule has 23 heteroatoms. The van der Waals surface area contributed by atoms with Crippen LogP contribution in [0.15, 0.2) is 12.2 Å². The summed E-state index contributed by atoms with van der Waals surface area (Å²) in [5.41, 5.74) is 0. The molecule has 0 bridgehead atoms. The van der Waals surface area contributed by atoms with Gasteiger partial charge in [0.05, 0.1) is 50.7 Å². The van der Waals surface area contributed by atoms with Gasteiger partial charge in [-0.25, -0.2) is 4.79 Å². The maximum Gasteiger partial charge on any atom is 0.364 e. The van der Waals surface area contributed by atoms with E-state index in [1.165, 1.54) is 244 Å². The van der Waals surface area contributed by atoms with Gasteiger partial charge < -0.3 is 100 Å². The number of carbonyl (C=O) groups excluding carboxylic acids is 2. The number of rotatable bonds is 67. The van der Waals surface area contributed by atoms with Crippen LogP contribution in [0, 0.1) is 0 Å². The third kappa shape index (κ3) is 39.9. The van der Waals surface area contributed by atoms with Gasteiger partial charge in [-0.2, -0.15) is 0 Å². The Bertz CT molecular complexity index is 2120. The number of carbonyl (C=O) groups is 3. The Morgan fingerprint density at radius 2 is 0.894 bits per heavy atom. The first-order valence-electron chi connectivity index (χ1n) is 42.0. The van der Waals surface area contributed by atoms with E-state index in [1.807, 2.05) is 0 Å². The molecule has 14 N–H and O–H groups in total. The molecule has 18 unspecified atom stereocenters. The van der Waals surface area contributed by atoms with Crippen LogP contribution < -0.4 is 10.6 Å². The van der Waals surface area contributed by atoms with Crippen molar-refractivity contribution in [3.8, 4) is 0 Å². The second-order valence-electron chi connectivity index (χ2n) is 30.7. The molecule has 3 saturated heterocycles. The first kappa shape index (κ1) is 95.7. The highest BCUT2D eigenvalue weighted by atomic mass is 16.8. The number of amides is 2. The molecule has 3 heterocycles. The Hall–Kier alpha value is -2.53. The molecule has 0 aliphatic carbocycles. The predicted octanol–water partition coefficient (Wildman–Crippen LogP) is 11.7. The minimum atomic E-state index is -3.08. The van der Waals surface area contributed by atoms with Crippen molar-refractivity contribution in [3.63, 3.8) is 0 Å². The van der Waals surface area contributed by atoms with Crippen molar-refractivity contribution in [3.05, 3.63) is 12.2 Å². The molecule has 0 aromatic rings. The van der Waals surface area contributed by atoms with Gasteiger partial charge in [-0.3, -0.25) is 9.59 Å². The Labute approximate surface area is 626 Å². The number of hydrogen-bond donors (Lipinski definition) is 14. The summed E-state index contributed by atoms with van der Waals surface area (Å²) in [5, 5.41) is 137. The molecule has 2 amide bonds. The molecule has 0 aromatic carbocycles. The molecular formula is C81H152N2O21. The first-order valence-corrected chi connectivity index (χ1v) is 42.0. The van der Waals surface area contributed by atoms with Crippen molar-refractivity contribution in [1.29, 1.82) is 0 Å². The van der Waals surface area contributed by atoms with E-state index < -0.39 is 148 Å². The summed E-state index contributed by atoms with van der Waals surface area (Å²) in [6.45, 7) is 2.27. The van der Waals surface area contributed by atoms with E-state index >= 15 is 0 Å². The third-order valence-electron chi connectivity index (χ3n) is 21.5. The lowest BCUT2D eigenvalue weighted by Gasteiger charge is -2.50. The fourth-order valence-corrected chi connectivity index (χ4v) is 14.8. The van der Waals surface area contributed by atoms with E-state index in [4.69, 9.17) is 28.4 Å². The number of ether oxygens (including phenoxy) is 6. The summed E-state index contributed by atoms with van der Waals surface area (Å²) in [5.74, 6) is -6.09. The van der Waals surface area contributed by atoms with Crippen LogP contribution >= 0.6 is 0 Å². The lowest BCUT2D eigenvalue weighted by Crippen LogP contribution is -2.70. The van der Waals surface area contributed by atoms with Gasteiger partial charge in [0.25, 0.3) is 5.79 Å². The highest BCUT2D eigenvalue weighted by Crippen LogP contribution is 2.39. The molecule has 18 atom stereocenters. The smallest absolute Gasteiger partial charge is 0.364 e. The van der Waals surface area contributed by atoms with Crippen LogP contribution in [-0.4, -0.2) is 215 Å². The molecule has 3 aliphatic heterocycles. The summed E-state index contributed by atoms with van der Waals surface area (Å²) in [7, 11) is 0. The second-order valence-corrected chi connectivity index (χ2v) is 30.7. The van der Waals surface area contributed by atoms with Crippen LogP contribution in [0.25, 0.3) is 0 Å². The summed E-state index contributed by atoms with van der Waals surface area (Å²) < 4.78 is 35.0. The fraction of sp³-hybridized carbons (Fsp3) is 0.938. The minimum Gasteiger partial charge on any atom is -0.477 e. The van der Waals surface area contributed by atoms with Crippen LogP contribution in [-0.2, 0) is 42.8 Å². The molecule has 3 rings (SSSR count). The van der Waals surface area contributed by atoms with E-state index in [-0.39, 0.29) is 18.9 Å². The summed E-state index contributed by atoms with van der Waals surface area (Å²) in [4.78, 5) is 38.7. The molecule has 3 aliphatic rings. The number of hydrogen-bond acceptors (Lipinski definition) is 20. The molecule has 104 heavy (non-hydrogen) atoms. The van der Waals surface area contributed by atoms with Crippen LogP contribution in [0.3, 0.4) is 0 Å². The number of nitrogens with one attached hydrogen (secondary N) is 2. The summed E-state index contributed by atoms with van der Waals surface area (Å²) in [6.07, 6.45) is 36.3. The van der Waals surface area contributed by atoms with E-state index in [2.05, 4.69) is 36.6 Å². The zero-order valence-electron chi connectivity index (χ0n) is 64.9. The Kier molecular flexibility index (Phi) is 55.4. The van der Waals surface area contributed by atoms with Gasteiger partial charge in [-0.05, 0) is 38.5 Å². The van der Waals surface area contributed by atoms with Crippen LogP contribution in [0.1, 0.15) is 348 Å². The molecule has 0 spiro atoms. The van der Waals surface area contributed by atoms with E-state index in [1.54, 1.807) is 0 Å². The maximum absolute atomic E-state index is 13.6. The number of allylic oxidation sites excluding steroid dienone is 2. The predicted molar refractivity (Wildman–Crippen MR) is 403 cm³/mol. The average Bonchev–Trinajstić information content (AvgIpc) is 0.755. The van der Waals surface area contributed by atoms with E-state index in [0.29, 0.717) is 19.3 Å². The van der Waals surface area contributed by atoms with Gasteiger partial charge in [-0.15, -0.1) is 0 Å². The Morgan fingerprint density at radius 3 is 1.30 bits per heavy atom. The number of carboxylic acids is 1. The largest absolute Gasteiger partial charge is 0.477 e. The highest BCUT2D eigenvalue weighted by Gasteiger charge is 2.60. The highest BCUT2D eigenvalue weighted by molar-refractivity contribution is 5.77. The zero-order chi connectivity index (χ0) is 76.0. The van der Waals surface area contributed by atoms with Gasteiger partial charge in [0.1, 0.15) is 67.1 Å². The van der Waals surface area contributed by atoms with E-state index in [0.717, 1.165) is 58.3 Å². The monoisotopic (exact) mass is 1490 g/mol. The van der Waals surface area contributed by atoms with Crippen molar-refractivity contribution in [2.75, 3.05) is 26.4 Å². The van der Waals surface area contributed by atoms with Crippen molar-refractivity contribution in [2.24, 2.45) is 0 Å². The maximum atomic E-state index is 13.6. The normalized spacial score (nSPS) is 26.4. The lowest BCUT2D eigenvalue weighted by atomic mass is 9.88. The van der Waals surface area contributed by atoms with E-state index in [9.17, 15) is 75.7 Å². The van der Waals surface area contributed by atoms with Crippen LogP contribution in [0.5, 0.6) is 0 Å². The minimum absolute atomic E-state index is 0.226. The quantitative estimate of drug-likeness (QED) is 0.0199. The number of unbranched alkanes of at least 4 members (excludes halogenated alkanes) is 45. The van der Waals surface area contributed by atoms with Crippen LogP contribution in [0.4, 0.5) is 0 Å². The number of carboxylic acid groups (broad SMARTS) is 1. The van der Waals surface area contributed by atoms with Crippen molar-refractivity contribution in [1.82, 2.24) is 10.6 Å². The summed E-state index contributed by atoms with van der Waals surface area (Å²) >= 11 is 0. The molecule has 3 fully saturated rings. The molecular weight excluding hydrogens is 1340 g/mol. The molecule has 612 valence electrons. The lowest BCUT2D eigenvalue weighted by molar-refractivity contribution is -0.386. The van der Waals surface area contributed by atoms with Gasteiger partial charge in [0.2, 0.25) is 11.8 Å². The number of aliphatic hydroxyl groups excluding tert-OH is 11. The van der Waals surface area contributed by atoms with Crippen LogP contribution in [0.2, 0.25) is 0 Å². The van der Waals surface area contributed by atoms with Gasteiger partial charge in [0.15, 0.2) is 12.6 Å². The van der Waals surface area contributed by atoms with Crippen molar-refractivity contribution >= 4 is 17.8 Å². The SMILES string of the molecule is CCCCCCCCCCCCCC/C=C\CCCCCCCCCCCCCCC(=O)NC(COC1OC(CO)C(OC2OC(CO)C(O)C(OC3(C(=O)O)CC(O)C(NC(C)=O)C(C(O)C(O)CO)O3)C2O)C(O)C1O)C(O)CCCCCCCCCCCCCCCCCCCCCCCC.